The van der Waals surface area contributed by atoms with Crippen molar-refractivity contribution in [2.24, 2.45) is 0 Å². The summed E-state index contributed by atoms with van der Waals surface area (Å²) in [5.41, 5.74) is 2.53. The standard InChI is InChI=1S/C21H26N4O3/c1-24(2)20-22-14-16-6-11-28-21(19(16)23-20)7-9-25(10-8-21)18(27)13-15-4-3-5-17(26)12-15/h3-5,12,14,26H,6-11,13H2,1-2H3. The Morgan fingerprint density at radius 1 is 1.32 bits per heavy atom. The molecule has 1 amide bonds. The lowest BCUT2D eigenvalue weighted by Crippen LogP contribution is -2.49. The largest absolute Gasteiger partial charge is 0.508 e. The van der Waals surface area contributed by atoms with Crippen molar-refractivity contribution in [1.82, 2.24) is 14.9 Å². The average Bonchev–Trinajstić information content (AvgIpc) is 2.68. The molecule has 0 bridgehead atoms. The minimum absolute atomic E-state index is 0.0770. The van der Waals surface area contributed by atoms with E-state index in [4.69, 9.17) is 9.72 Å². The monoisotopic (exact) mass is 382 g/mol. The van der Waals surface area contributed by atoms with Gasteiger partial charge in [0, 0.05) is 33.4 Å². The molecule has 4 rings (SSSR count). The zero-order valence-electron chi connectivity index (χ0n) is 16.4. The van der Waals surface area contributed by atoms with E-state index in [1.807, 2.05) is 36.2 Å². The summed E-state index contributed by atoms with van der Waals surface area (Å²) in [7, 11) is 3.86. The van der Waals surface area contributed by atoms with E-state index in [1.54, 1.807) is 18.2 Å². The summed E-state index contributed by atoms with van der Waals surface area (Å²) in [6.07, 6.45) is 4.50. The number of ether oxygens (including phenoxy) is 1. The Labute approximate surface area is 165 Å². The number of carbonyl (C=O) groups is 1. The number of aromatic hydroxyl groups is 1. The van der Waals surface area contributed by atoms with Gasteiger partial charge >= 0.3 is 0 Å². The fourth-order valence-electron chi connectivity index (χ4n) is 4.07. The number of fused-ring (bicyclic) bond motifs is 2. The highest BCUT2D eigenvalue weighted by atomic mass is 16.5. The van der Waals surface area contributed by atoms with Crippen LogP contribution in [0.5, 0.6) is 5.75 Å². The molecule has 2 aromatic rings. The quantitative estimate of drug-likeness (QED) is 0.873. The van der Waals surface area contributed by atoms with Crippen LogP contribution in [0.25, 0.3) is 0 Å². The summed E-state index contributed by atoms with van der Waals surface area (Å²) in [5, 5.41) is 9.60. The van der Waals surface area contributed by atoms with Gasteiger partial charge in [-0.1, -0.05) is 12.1 Å². The van der Waals surface area contributed by atoms with E-state index in [0.29, 0.717) is 32.1 Å². The van der Waals surface area contributed by atoms with Crippen molar-refractivity contribution in [3.05, 3.63) is 47.3 Å². The lowest BCUT2D eigenvalue weighted by Gasteiger charge is -2.44. The molecular formula is C21H26N4O3. The van der Waals surface area contributed by atoms with Gasteiger partial charge in [-0.15, -0.1) is 0 Å². The number of hydrogen-bond donors (Lipinski definition) is 1. The van der Waals surface area contributed by atoms with Gasteiger partial charge in [0.2, 0.25) is 11.9 Å². The summed E-state index contributed by atoms with van der Waals surface area (Å²) in [6.45, 7) is 1.94. The number of phenolic OH excluding ortho intramolecular Hbond substituents is 1. The average molecular weight is 382 g/mol. The second-order valence-corrected chi connectivity index (χ2v) is 7.76. The zero-order valence-corrected chi connectivity index (χ0v) is 16.4. The molecule has 1 aromatic carbocycles. The maximum atomic E-state index is 12.7. The van der Waals surface area contributed by atoms with Crippen LogP contribution in [0.1, 0.15) is 29.7 Å². The fraction of sp³-hybridized carbons (Fsp3) is 0.476. The third kappa shape index (κ3) is 3.54. The Morgan fingerprint density at radius 2 is 2.11 bits per heavy atom. The topological polar surface area (TPSA) is 78.8 Å². The van der Waals surface area contributed by atoms with Gasteiger partial charge in [0.1, 0.15) is 11.4 Å². The Balaban J connectivity index is 1.48. The Hall–Kier alpha value is -2.67. The summed E-state index contributed by atoms with van der Waals surface area (Å²) in [5.74, 6) is 0.950. The third-order valence-electron chi connectivity index (χ3n) is 5.62. The number of anilines is 1. The van der Waals surface area contributed by atoms with Crippen molar-refractivity contribution in [1.29, 1.82) is 0 Å². The highest BCUT2D eigenvalue weighted by Crippen LogP contribution is 2.40. The lowest BCUT2D eigenvalue weighted by atomic mass is 9.83. The molecule has 2 aliphatic rings. The van der Waals surface area contributed by atoms with Crippen molar-refractivity contribution in [3.8, 4) is 5.75 Å². The molecule has 0 unspecified atom stereocenters. The van der Waals surface area contributed by atoms with Gasteiger partial charge in [-0.05, 0) is 42.5 Å². The number of hydrogen-bond acceptors (Lipinski definition) is 6. The summed E-state index contributed by atoms with van der Waals surface area (Å²) >= 11 is 0. The van der Waals surface area contributed by atoms with Crippen molar-refractivity contribution < 1.29 is 14.6 Å². The SMILES string of the molecule is CN(C)c1ncc2c(n1)C1(CCN(C(=O)Cc3cccc(O)c3)CC1)OCC2. The molecule has 7 heteroatoms. The summed E-state index contributed by atoms with van der Waals surface area (Å²) in [6, 6.07) is 6.88. The van der Waals surface area contributed by atoms with E-state index in [1.165, 1.54) is 0 Å². The van der Waals surface area contributed by atoms with Crippen molar-refractivity contribution >= 4 is 11.9 Å². The first-order valence-corrected chi connectivity index (χ1v) is 9.70. The number of amides is 1. The first-order valence-electron chi connectivity index (χ1n) is 9.70. The summed E-state index contributed by atoms with van der Waals surface area (Å²) in [4.78, 5) is 25.7. The van der Waals surface area contributed by atoms with E-state index in [2.05, 4.69) is 4.98 Å². The molecule has 0 atom stereocenters. The van der Waals surface area contributed by atoms with Crippen LogP contribution in [-0.2, 0) is 28.0 Å². The number of piperidine rings is 1. The maximum Gasteiger partial charge on any atom is 0.226 e. The van der Waals surface area contributed by atoms with Crippen molar-refractivity contribution in [2.45, 2.75) is 31.3 Å². The van der Waals surface area contributed by atoms with Gasteiger partial charge in [0.15, 0.2) is 0 Å². The molecule has 1 N–H and O–H groups in total. The van der Waals surface area contributed by atoms with Gasteiger partial charge in [-0.25, -0.2) is 9.97 Å². The molecule has 1 saturated heterocycles. The molecule has 28 heavy (non-hydrogen) atoms. The van der Waals surface area contributed by atoms with Gasteiger partial charge in [0.05, 0.1) is 18.7 Å². The molecule has 0 radical (unpaired) electrons. The van der Waals surface area contributed by atoms with Gasteiger partial charge < -0.3 is 19.6 Å². The van der Waals surface area contributed by atoms with Crippen LogP contribution in [-0.4, -0.2) is 59.7 Å². The van der Waals surface area contributed by atoms with Crippen LogP contribution < -0.4 is 4.90 Å². The number of benzene rings is 1. The molecular weight excluding hydrogens is 356 g/mol. The van der Waals surface area contributed by atoms with E-state index in [9.17, 15) is 9.90 Å². The second kappa shape index (κ2) is 7.39. The van der Waals surface area contributed by atoms with Crippen LogP contribution in [0, 0.1) is 0 Å². The van der Waals surface area contributed by atoms with Crippen LogP contribution in [0.4, 0.5) is 5.95 Å². The van der Waals surface area contributed by atoms with E-state index in [-0.39, 0.29) is 11.7 Å². The third-order valence-corrected chi connectivity index (χ3v) is 5.62. The highest BCUT2D eigenvalue weighted by molar-refractivity contribution is 5.79. The molecule has 1 fully saturated rings. The second-order valence-electron chi connectivity index (χ2n) is 7.76. The van der Waals surface area contributed by atoms with Crippen LogP contribution in [0.2, 0.25) is 0 Å². The van der Waals surface area contributed by atoms with Crippen LogP contribution in [0.3, 0.4) is 0 Å². The Kier molecular flexibility index (Phi) is 4.93. The van der Waals surface area contributed by atoms with E-state index < -0.39 is 5.60 Å². The minimum atomic E-state index is -0.428. The number of rotatable bonds is 3. The predicted molar refractivity (Wildman–Crippen MR) is 105 cm³/mol. The van der Waals surface area contributed by atoms with Crippen LogP contribution >= 0.6 is 0 Å². The molecule has 3 heterocycles. The van der Waals surface area contributed by atoms with Gasteiger partial charge in [-0.2, -0.15) is 0 Å². The Morgan fingerprint density at radius 3 is 2.82 bits per heavy atom. The smallest absolute Gasteiger partial charge is 0.226 e. The number of likely N-dealkylation sites (tertiary alicyclic amines) is 1. The molecule has 7 nitrogen and oxygen atoms in total. The van der Waals surface area contributed by atoms with E-state index in [0.717, 1.165) is 36.1 Å². The lowest BCUT2D eigenvalue weighted by molar-refractivity contribution is -0.140. The Bertz CT molecular complexity index is 876. The molecule has 2 aliphatic heterocycles. The van der Waals surface area contributed by atoms with Gasteiger partial charge in [0.25, 0.3) is 0 Å². The number of carbonyl (C=O) groups excluding carboxylic acids is 1. The molecule has 0 saturated carbocycles. The number of aromatic nitrogens is 2. The highest BCUT2D eigenvalue weighted by Gasteiger charge is 2.43. The molecule has 1 spiro atoms. The van der Waals surface area contributed by atoms with E-state index >= 15 is 0 Å². The molecule has 148 valence electrons. The molecule has 0 aliphatic carbocycles. The fourth-order valence-corrected chi connectivity index (χ4v) is 4.07. The predicted octanol–water partition coefficient (Wildman–Crippen LogP) is 1.88. The van der Waals surface area contributed by atoms with Gasteiger partial charge in [-0.3, -0.25) is 4.79 Å². The summed E-state index contributed by atoms with van der Waals surface area (Å²) < 4.78 is 6.25. The first-order chi connectivity index (χ1) is 13.5. The zero-order chi connectivity index (χ0) is 19.7. The first kappa shape index (κ1) is 18.7. The maximum absolute atomic E-state index is 12.7. The molecule has 1 aromatic heterocycles. The van der Waals surface area contributed by atoms with Crippen LogP contribution in [0.15, 0.2) is 30.5 Å². The normalized spacial score (nSPS) is 18.0. The number of phenols is 1. The number of nitrogens with zero attached hydrogens (tertiary/aromatic N) is 4. The minimum Gasteiger partial charge on any atom is -0.508 e. The van der Waals surface area contributed by atoms with Crippen molar-refractivity contribution in [2.75, 3.05) is 38.7 Å². The van der Waals surface area contributed by atoms with Crippen molar-refractivity contribution in [3.63, 3.8) is 0 Å².